The lowest BCUT2D eigenvalue weighted by Crippen LogP contribution is -2.39. The second-order valence-electron chi connectivity index (χ2n) is 6.52. The Kier molecular flexibility index (Phi) is 9.57. The Morgan fingerprint density at radius 2 is 1.82 bits per heavy atom. The van der Waals surface area contributed by atoms with E-state index in [1.165, 1.54) is 0 Å². The molecule has 0 aliphatic carbocycles. The number of hydrogen-bond acceptors (Lipinski definition) is 5. The summed E-state index contributed by atoms with van der Waals surface area (Å²) in [5, 5.41) is 7.40. The molecular formula is C20H31IN4O3. The summed E-state index contributed by atoms with van der Waals surface area (Å²) in [6.07, 6.45) is 0.837. The number of halogens is 1. The van der Waals surface area contributed by atoms with E-state index in [0.717, 1.165) is 58.6 Å². The molecule has 1 N–H and O–H groups in total. The van der Waals surface area contributed by atoms with Gasteiger partial charge in [-0.15, -0.1) is 24.0 Å². The maximum Gasteiger partial charge on any atom is 0.193 e. The van der Waals surface area contributed by atoms with Crippen LogP contribution in [0.3, 0.4) is 0 Å². The van der Waals surface area contributed by atoms with E-state index < -0.39 is 0 Å². The summed E-state index contributed by atoms with van der Waals surface area (Å²) in [6.45, 7) is 7.43. The van der Waals surface area contributed by atoms with Gasteiger partial charge in [-0.2, -0.15) is 0 Å². The van der Waals surface area contributed by atoms with Crippen LogP contribution in [-0.2, 0) is 13.0 Å². The summed E-state index contributed by atoms with van der Waals surface area (Å²) >= 11 is 0. The normalized spacial score (nSPS) is 11.0. The van der Waals surface area contributed by atoms with Crippen LogP contribution in [0.5, 0.6) is 11.5 Å². The summed E-state index contributed by atoms with van der Waals surface area (Å²) in [4.78, 5) is 6.48. The van der Waals surface area contributed by atoms with E-state index >= 15 is 0 Å². The Labute approximate surface area is 184 Å². The fourth-order valence-electron chi connectivity index (χ4n) is 3.07. The van der Waals surface area contributed by atoms with Gasteiger partial charge >= 0.3 is 0 Å². The van der Waals surface area contributed by atoms with Gasteiger partial charge in [0.2, 0.25) is 0 Å². The molecule has 0 aliphatic heterocycles. The highest BCUT2D eigenvalue weighted by Gasteiger charge is 2.13. The summed E-state index contributed by atoms with van der Waals surface area (Å²) in [6, 6.07) is 4.01. The molecular weight excluding hydrogens is 471 g/mol. The molecule has 0 atom stereocenters. The lowest BCUT2D eigenvalue weighted by molar-refractivity contribution is 0.353. The first-order valence-corrected chi connectivity index (χ1v) is 8.96. The summed E-state index contributed by atoms with van der Waals surface area (Å²) in [5.74, 6) is 3.17. The van der Waals surface area contributed by atoms with Crippen molar-refractivity contribution in [2.45, 2.75) is 33.7 Å². The second kappa shape index (κ2) is 11.1. The highest BCUT2D eigenvalue weighted by Crippen LogP contribution is 2.30. The Morgan fingerprint density at radius 1 is 1.18 bits per heavy atom. The molecule has 0 fully saturated rings. The SMILES string of the molecule is CN=C(NCCc1c(C)noc1C)N(C)Cc1cc(OC)c(OC)cc1C.I. The van der Waals surface area contributed by atoms with Crippen molar-refractivity contribution in [2.75, 3.05) is 34.9 Å². The van der Waals surface area contributed by atoms with Gasteiger partial charge in [0.05, 0.1) is 19.9 Å². The number of benzene rings is 1. The van der Waals surface area contributed by atoms with Gasteiger partial charge in [-0.25, -0.2) is 0 Å². The van der Waals surface area contributed by atoms with Gasteiger partial charge in [-0.3, -0.25) is 4.99 Å². The first kappa shape index (κ1) is 24.1. The third-order valence-electron chi connectivity index (χ3n) is 4.66. The molecule has 1 heterocycles. The number of nitrogens with one attached hydrogen (secondary N) is 1. The Hall–Kier alpha value is -1.97. The van der Waals surface area contributed by atoms with Crippen molar-refractivity contribution in [3.8, 4) is 11.5 Å². The molecule has 0 bridgehead atoms. The molecule has 0 saturated carbocycles. The molecule has 1 aromatic carbocycles. The van der Waals surface area contributed by atoms with Gasteiger partial charge in [0.15, 0.2) is 17.5 Å². The van der Waals surface area contributed by atoms with Crippen LogP contribution in [0, 0.1) is 20.8 Å². The largest absolute Gasteiger partial charge is 0.493 e. The van der Waals surface area contributed by atoms with Crippen LogP contribution in [0.1, 0.15) is 28.1 Å². The Morgan fingerprint density at radius 3 is 2.36 bits per heavy atom. The lowest BCUT2D eigenvalue weighted by atomic mass is 10.1. The van der Waals surface area contributed by atoms with E-state index in [2.05, 4.69) is 27.3 Å². The summed E-state index contributed by atoms with van der Waals surface area (Å²) in [7, 11) is 7.10. The average Bonchev–Trinajstić information content (AvgIpc) is 2.98. The minimum Gasteiger partial charge on any atom is -0.493 e. The molecule has 0 aliphatic rings. The zero-order valence-corrected chi connectivity index (χ0v) is 20.1. The fourth-order valence-corrected chi connectivity index (χ4v) is 3.07. The predicted octanol–water partition coefficient (Wildman–Crippen LogP) is 3.48. The topological polar surface area (TPSA) is 72.1 Å². The van der Waals surface area contributed by atoms with Crippen molar-refractivity contribution in [3.63, 3.8) is 0 Å². The number of guanidine groups is 1. The van der Waals surface area contributed by atoms with Gasteiger partial charge in [0.25, 0.3) is 0 Å². The number of hydrogen-bond donors (Lipinski definition) is 1. The monoisotopic (exact) mass is 502 g/mol. The van der Waals surface area contributed by atoms with Gasteiger partial charge < -0.3 is 24.2 Å². The third-order valence-corrected chi connectivity index (χ3v) is 4.66. The van der Waals surface area contributed by atoms with Crippen LogP contribution in [0.15, 0.2) is 21.6 Å². The van der Waals surface area contributed by atoms with Crippen LogP contribution >= 0.6 is 24.0 Å². The number of aryl methyl sites for hydroxylation is 3. The second-order valence-corrected chi connectivity index (χ2v) is 6.52. The molecule has 28 heavy (non-hydrogen) atoms. The number of aliphatic imine (C=N–C) groups is 1. The van der Waals surface area contributed by atoms with Crippen molar-refractivity contribution in [1.29, 1.82) is 0 Å². The van der Waals surface area contributed by atoms with Crippen LogP contribution in [0.2, 0.25) is 0 Å². The van der Waals surface area contributed by atoms with Crippen molar-refractivity contribution in [2.24, 2.45) is 4.99 Å². The van der Waals surface area contributed by atoms with E-state index in [-0.39, 0.29) is 24.0 Å². The van der Waals surface area contributed by atoms with Gasteiger partial charge in [-0.1, -0.05) is 5.16 Å². The molecule has 2 rings (SSSR count). The molecule has 0 unspecified atom stereocenters. The Balaban J connectivity index is 0.00000392. The number of ether oxygens (including phenoxy) is 2. The van der Waals surface area contributed by atoms with E-state index in [0.29, 0.717) is 6.54 Å². The molecule has 1 aromatic heterocycles. The average molecular weight is 502 g/mol. The van der Waals surface area contributed by atoms with E-state index in [4.69, 9.17) is 14.0 Å². The molecule has 0 spiro atoms. The molecule has 156 valence electrons. The molecule has 8 heteroatoms. The molecule has 7 nitrogen and oxygen atoms in total. The van der Waals surface area contributed by atoms with Crippen molar-refractivity contribution >= 4 is 29.9 Å². The maximum atomic E-state index is 5.42. The van der Waals surface area contributed by atoms with Crippen molar-refractivity contribution < 1.29 is 14.0 Å². The third kappa shape index (κ3) is 5.76. The highest BCUT2D eigenvalue weighted by atomic mass is 127. The molecule has 0 saturated heterocycles. The van der Waals surface area contributed by atoms with Crippen LogP contribution < -0.4 is 14.8 Å². The number of rotatable bonds is 7. The zero-order valence-electron chi connectivity index (χ0n) is 17.8. The number of aromatic nitrogens is 1. The zero-order chi connectivity index (χ0) is 20.0. The van der Waals surface area contributed by atoms with Crippen LogP contribution in [0.25, 0.3) is 0 Å². The maximum absolute atomic E-state index is 5.42. The molecule has 2 aromatic rings. The highest BCUT2D eigenvalue weighted by molar-refractivity contribution is 14.0. The summed E-state index contributed by atoms with van der Waals surface area (Å²) < 4.78 is 16.0. The number of nitrogens with zero attached hydrogens (tertiary/aromatic N) is 3. The van der Waals surface area contributed by atoms with Crippen LogP contribution in [-0.4, -0.2) is 50.9 Å². The Bertz CT molecular complexity index is 785. The van der Waals surface area contributed by atoms with Crippen molar-refractivity contribution in [1.82, 2.24) is 15.4 Å². The fraction of sp³-hybridized carbons (Fsp3) is 0.500. The molecule has 0 radical (unpaired) electrons. The lowest BCUT2D eigenvalue weighted by Gasteiger charge is -2.23. The van der Waals surface area contributed by atoms with Gasteiger partial charge in [0.1, 0.15) is 5.76 Å². The first-order chi connectivity index (χ1) is 12.9. The minimum absolute atomic E-state index is 0. The quantitative estimate of drug-likeness (QED) is 0.355. The summed E-state index contributed by atoms with van der Waals surface area (Å²) in [5.41, 5.74) is 4.39. The van der Waals surface area contributed by atoms with Crippen LogP contribution in [0.4, 0.5) is 0 Å². The standard InChI is InChI=1S/C20H30N4O3.HI/c1-13-10-18(25-6)19(26-7)11-16(13)12-24(5)20(21-4)22-9-8-17-14(2)23-27-15(17)3;/h10-11H,8-9,12H2,1-7H3,(H,21,22);1H. The molecule has 0 amide bonds. The van der Waals surface area contributed by atoms with E-state index in [1.54, 1.807) is 21.3 Å². The first-order valence-electron chi connectivity index (χ1n) is 8.96. The van der Waals surface area contributed by atoms with Crippen molar-refractivity contribution in [3.05, 3.63) is 40.3 Å². The smallest absolute Gasteiger partial charge is 0.193 e. The predicted molar refractivity (Wildman–Crippen MR) is 122 cm³/mol. The van der Waals surface area contributed by atoms with E-state index in [1.807, 2.05) is 33.0 Å². The number of methoxy groups -OCH3 is 2. The van der Waals surface area contributed by atoms with Gasteiger partial charge in [0, 0.05) is 32.7 Å². The minimum atomic E-state index is 0. The van der Waals surface area contributed by atoms with E-state index in [9.17, 15) is 0 Å². The van der Waals surface area contributed by atoms with Gasteiger partial charge in [-0.05, 0) is 50.5 Å².